The minimum absolute atomic E-state index is 0.0136. The van der Waals surface area contributed by atoms with Gasteiger partial charge in [-0.05, 0) is 66.9 Å². The van der Waals surface area contributed by atoms with Crippen LogP contribution in [-0.2, 0) is 23.7 Å². The number of carbonyl (C=O) groups excluding carboxylic acids is 2. The summed E-state index contributed by atoms with van der Waals surface area (Å²) in [4.78, 5) is 42.5. The van der Waals surface area contributed by atoms with E-state index in [4.69, 9.17) is 15.7 Å². The van der Waals surface area contributed by atoms with E-state index in [1.807, 2.05) is 26.0 Å². The first kappa shape index (κ1) is 26.4. The zero-order chi connectivity index (χ0) is 27.9. The summed E-state index contributed by atoms with van der Waals surface area (Å²) in [7, 11) is 0. The number of ketones is 2. The molecule has 7 nitrogen and oxygen atoms in total. The van der Waals surface area contributed by atoms with Crippen LogP contribution in [0.5, 0.6) is 0 Å². The SMILES string of the molecule is CC(=O)c1c(C)c2cc3nc(c(Br)c4[nH]c(cc5nc(c(N)c1[nH]2)CC5(C)C)c(C)c4C(C)=O)CC3(C)C. The number of nitrogen functional groups attached to an aromatic ring is 1. The summed E-state index contributed by atoms with van der Waals surface area (Å²) in [5, 5.41) is 0. The van der Waals surface area contributed by atoms with Crippen LogP contribution in [0.4, 0.5) is 5.69 Å². The first-order valence-electron chi connectivity index (χ1n) is 12.8. The van der Waals surface area contributed by atoms with E-state index in [2.05, 4.69) is 53.6 Å². The van der Waals surface area contributed by atoms with E-state index >= 15 is 0 Å². The van der Waals surface area contributed by atoms with Crippen molar-refractivity contribution in [2.45, 2.75) is 79.1 Å². The summed E-state index contributed by atoms with van der Waals surface area (Å²) in [5.74, 6) is -0.0647. The van der Waals surface area contributed by atoms with Gasteiger partial charge in [-0.2, -0.15) is 0 Å². The van der Waals surface area contributed by atoms with Crippen LogP contribution in [-0.4, -0.2) is 31.5 Å². The van der Waals surface area contributed by atoms with Gasteiger partial charge >= 0.3 is 0 Å². The number of nitrogens with two attached hydrogens (primary N) is 1. The lowest BCUT2D eigenvalue weighted by Crippen LogP contribution is -2.15. The maximum absolute atomic E-state index is 12.8. The molecular formula is C30H34BrN5O2. The van der Waals surface area contributed by atoms with Crippen molar-refractivity contribution < 1.29 is 9.59 Å². The van der Waals surface area contributed by atoms with Gasteiger partial charge in [0.2, 0.25) is 0 Å². The number of rotatable bonds is 2. The smallest absolute Gasteiger partial charge is 0.162 e. The Morgan fingerprint density at radius 3 is 1.74 bits per heavy atom. The topological polar surface area (TPSA) is 118 Å². The van der Waals surface area contributed by atoms with Crippen LogP contribution in [0.15, 0.2) is 16.6 Å². The summed E-state index contributed by atoms with van der Waals surface area (Å²) in [6.45, 7) is 15.6. The van der Waals surface area contributed by atoms with Crippen molar-refractivity contribution in [3.8, 4) is 0 Å². The van der Waals surface area contributed by atoms with Gasteiger partial charge in [0.1, 0.15) is 0 Å². The summed E-state index contributed by atoms with van der Waals surface area (Å²) < 4.78 is 0.778. The van der Waals surface area contributed by atoms with E-state index in [0.717, 1.165) is 54.9 Å². The molecular weight excluding hydrogens is 542 g/mol. The number of nitrogens with one attached hydrogen (secondary N) is 2. The molecule has 5 heterocycles. The fourth-order valence-electron chi connectivity index (χ4n) is 5.75. The normalized spacial score (nSPS) is 16.0. The fraction of sp³-hybridized carbons (Fsp3) is 0.400. The summed E-state index contributed by atoms with van der Waals surface area (Å²) in [6.07, 6.45) is 1.31. The Morgan fingerprint density at radius 1 is 0.816 bits per heavy atom. The van der Waals surface area contributed by atoms with E-state index in [9.17, 15) is 9.59 Å². The molecule has 3 aromatic rings. The number of nitrogens with zero attached hydrogens (tertiary/aromatic N) is 2. The van der Waals surface area contributed by atoms with Crippen LogP contribution in [0.2, 0.25) is 0 Å². The largest absolute Gasteiger partial charge is 0.396 e. The van der Waals surface area contributed by atoms with Gasteiger partial charge in [-0.1, -0.05) is 27.7 Å². The molecule has 0 radical (unpaired) electrons. The van der Waals surface area contributed by atoms with Crippen molar-refractivity contribution in [2.24, 2.45) is 0 Å². The molecule has 4 N–H and O–H groups in total. The predicted molar refractivity (Wildman–Crippen MR) is 156 cm³/mol. The molecule has 8 bridgehead atoms. The molecule has 0 atom stereocenters. The second kappa shape index (κ2) is 8.63. The Morgan fingerprint density at radius 2 is 1.24 bits per heavy atom. The van der Waals surface area contributed by atoms with Crippen LogP contribution in [0.1, 0.15) is 96.2 Å². The van der Waals surface area contributed by atoms with Gasteiger partial charge in [0.25, 0.3) is 0 Å². The summed E-state index contributed by atoms with van der Waals surface area (Å²) >= 11 is 3.80. The van der Waals surface area contributed by atoms with E-state index in [0.29, 0.717) is 35.2 Å². The first-order valence-corrected chi connectivity index (χ1v) is 13.6. The van der Waals surface area contributed by atoms with Gasteiger partial charge in [-0.15, -0.1) is 0 Å². The Bertz CT molecular complexity index is 1600. The minimum atomic E-state index is -0.293. The third-order valence-corrected chi connectivity index (χ3v) is 8.87. The van der Waals surface area contributed by atoms with Crippen LogP contribution in [0.25, 0.3) is 22.1 Å². The average molecular weight is 577 g/mol. The highest BCUT2D eigenvalue weighted by Crippen LogP contribution is 2.39. The van der Waals surface area contributed by atoms with Crippen LogP contribution in [0, 0.1) is 13.8 Å². The number of hydrogen-bond acceptors (Lipinski definition) is 5. The number of anilines is 1. The molecule has 0 spiro atoms. The standard InChI is InChI=1S/C30H34BrN5O2/c1-13-17-9-22-30(7,8)12-20(34-22)26(32)28-24(16(4)38)14(2)18(36-28)10-21-29(5,6)11-19(33-21)25(31)27(35-17)23(13)15(3)37/h9-10,35-36H,11-12,32H2,1-8H3. The van der Waals surface area contributed by atoms with E-state index < -0.39 is 0 Å². The Kier molecular flexibility index (Phi) is 5.98. The highest BCUT2D eigenvalue weighted by Gasteiger charge is 2.33. The lowest BCUT2D eigenvalue weighted by molar-refractivity contribution is 0.101. The summed E-state index contributed by atoms with van der Waals surface area (Å²) in [6, 6.07) is 4.03. The quantitative estimate of drug-likeness (QED) is 0.293. The second-order valence-electron chi connectivity index (χ2n) is 12.0. The molecule has 8 heteroatoms. The number of carbonyl (C=O) groups is 2. The van der Waals surface area contributed by atoms with Crippen molar-refractivity contribution in [2.75, 3.05) is 5.73 Å². The monoisotopic (exact) mass is 575 g/mol. The lowest BCUT2D eigenvalue weighted by atomic mass is 9.86. The molecule has 0 aromatic carbocycles. The zero-order valence-electron chi connectivity index (χ0n) is 23.2. The van der Waals surface area contributed by atoms with Gasteiger partial charge in [0, 0.05) is 57.2 Å². The van der Waals surface area contributed by atoms with Crippen molar-refractivity contribution in [1.29, 1.82) is 0 Å². The second-order valence-corrected chi connectivity index (χ2v) is 12.8. The van der Waals surface area contributed by atoms with Gasteiger partial charge in [0.05, 0.1) is 32.6 Å². The maximum atomic E-state index is 12.8. The number of fused-ring (bicyclic) bond motifs is 8. The molecule has 2 aliphatic rings. The molecule has 198 valence electrons. The minimum Gasteiger partial charge on any atom is -0.396 e. The molecule has 3 aromatic heterocycles. The zero-order valence-corrected chi connectivity index (χ0v) is 24.8. The molecule has 38 heavy (non-hydrogen) atoms. The van der Waals surface area contributed by atoms with Crippen molar-refractivity contribution in [3.63, 3.8) is 0 Å². The van der Waals surface area contributed by atoms with Crippen molar-refractivity contribution >= 4 is 55.3 Å². The third-order valence-electron chi connectivity index (χ3n) is 8.01. The van der Waals surface area contributed by atoms with Crippen LogP contribution >= 0.6 is 15.9 Å². The number of halogens is 1. The highest BCUT2D eigenvalue weighted by atomic mass is 79.9. The third kappa shape index (κ3) is 4.01. The Balaban J connectivity index is 2.06. The highest BCUT2D eigenvalue weighted by molar-refractivity contribution is 9.10. The number of Topliss-reactive ketones (excluding diaryl/α,β-unsaturated/α-hetero) is 2. The van der Waals surface area contributed by atoms with Crippen molar-refractivity contribution in [3.05, 3.63) is 61.6 Å². The maximum Gasteiger partial charge on any atom is 0.162 e. The number of H-pyrrole nitrogens is 2. The molecule has 0 saturated carbocycles. The molecule has 5 rings (SSSR count). The molecule has 0 unspecified atom stereocenters. The lowest BCUT2D eigenvalue weighted by Gasteiger charge is -2.16. The van der Waals surface area contributed by atoms with E-state index in [1.165, 1.54) is 0 Å². The molecule has 2 aliphatic heterocycles. The van der Waals surface area contributed by atoms with Gasteiger partial charge in [-0.25, -0.2) is 0 Å². The van der Waals surface area contributed by atoms with Gasteiger partial charge in [0.15, 0.2) is 11.6 Å². The van der Waals surface area contributed by atoms with Gasteiger partial charge < -0.3 is 15.7 Å². The first-order chi connectivity index (χ1) is 17.6. The predicted octanol–water partition coefficient (Wildman–Crippen LogP) is 6.72. The molecule has 0 aliphatic carbocycles. The molecule has 0 saturated heterocycles. The van der Waals surface area contributed by atoms with Gasteiger partial charge in [-0.3, -0.25) is 19.6 Å². The number of aromatic amines is 2. The number of hydrogen-bond donors (Lipinski definition) is 3. The number of aromatic nitrogens is 4. The summed E-state index contributed by atoms with van der Waals surface area (Å²) in [5.41, 5.74) is 15.9. The molecule has 0 fully saturated rings. The number of aryl methyl sites for hydroxylation is 2. The molecule has 0 amide bonds. The van der Waals surface area contributed by atoms with Crippen molar-refractivity contribution in [1.82, 2.24) is 19.9 Å². The fourth-order valence-corrected chi connectivity index (χ4v) is 6.28. The van der Waals surface area contributed by atoms with Crippen LogP contribution < -0.4 is 5.73 Å². The average Bonchev–Trinajstić information content (AvgIpc) is 3.49. The van der Waals surface area contributed by atoms with Crippen LogP contribution in [0.3, 0.4) is 0 Å². The van der Waals surface area contributed by atoms with E-state index in [-0.39, 0.29) is 22.4 Å². The Hall–Kier alpha value is -3.26. The van der Waals surface area contributed by atoms with E-state index in [1.54, 1.807) is 13.8 Å². The Labute approximate surface area is 230 Å².